The molecule has 8 heteroatoms. The molecule has 0 aliphatic carbocycles. The van der Waals surface area contributed by atoms with E-state index in [1.165, 1.54) is 39.7 Å². The van der Waals surface area contributed by atoms with Crippen molar-refractivity contribution in [3.05, 3.63) is 38.9 Å². The number of sulfonamides is 1. The zero-order valence-corrected chi connectivity index (χ0v) is 15.3. The average Bonchev–Trinajstić information content (AvgIpc) is 2.57. The van der Waals surface area contributed by atoms with Crippen LogP contribution in [0.4, 0.5) is 0 Å². The highest BCUT2D eigenvalue weighted by Gasteiger charge is 2.24. The Kier molecular flexibility index (Phi) is 5.29. The minimum absolute atomic E-state index is 0.130. The van der Waals surface area contributed by atoms with Crippen LogP contribution in [-0.4, -0.2) is 34.9 Å². The summed E-state index contributed by atoms with van der Waals surface area (Å²) in [6.45, 7) is 4.75. The van der Waals surface area contributed by atoms with E-state index in [0.717, 1.165) is 12.8 Å². The van der Waals surface area contributed by atoms with E-state index in [9.17, 15) is 18.0 Å². The molecule has 0 fully saturated rings. The minimum atomic E-state index is -3.64. The molecule has 0 amide bonds. The predicted molar refractivity (Wildman–Crippen MR) is 93.8 cm³/mol. The molecule has 0 atom stereocenters. The molecule has 0 N–H and O–H groups in total. The van der Waals surface area contributed by atoms with Crippen LogP contribution in [0.1, 0.15) is 26.7 Å². The first-order chi connectivity index (χ1) is 11.3. The molecule has 7 nitrogen and oxygen atoms in total. The number of fused-ring (bicyclic) bond motifs is 1. The topological polar surface area (TPSA) is 81.4 Å². The normalized spacial score (nSPS) is 12.2. The van der Waals surface area contributed by atoms with Gasteiger partial charge in [0.15, 0.2) is 0 Å². The van der Waals surface area contributed by atoms with Crippen molar-refractivity contribution in [3.63, 3.8) is 0 Å². The van der Waals surface area contributed by atoms with Gasteiger partial charge in [0.25, 0.3) is 0 Å². The number of aryl methyl sites for hydroxylation is 2. The largest absolute Gasteiger partial charge is 0.316 e. The van der Waals surface area contributed by atoms with E-state index in [4.69, 9.17) is 0 Å². The number of hydrogen-bond donors (Lipinski definition) is 0. The van der Waals surface area contributed by atoms with Crippen LogP contribution in [0.15, 0.2) is 32.7 Å². The molecule has 2 aromatic rings. The molecule has 0 aliphatic rings. The summed E-state index contributed by atoms with van der Waals surface area (Å²) in [5.41, 5.74) is -0.396. The standard InChI is InChI=1S/C16H23N3O4S/c1-5-9-19(10-6-2)24(22,23)12-7-8-13-14(11-12)18(4)16(21)15(20)17(13)3/h7-8,11H,5-6,9-10H2,1-4H3. The molecule has 0 spiro atoms. The molecule has 0 aliphatic heterocycles. The van der Waals surface area contributed by atoms with Gasteiger partial charge in [0.05, 0.1) is 15.9 Å². The van der Waals surface area contributed by atoms with E-state index >= 15 is 0 Å². The van der Waals surface area contributed by atoms with Crippen molar-refractivity contribution in [2.45, 2.75) is 31.6 Å². The first-order valence-electron chi connectivity index (χ1n) is 7.95. The van der Waals surface area contributed by atoms with Gasteiger partial charge in [0.1, 0.15) is 0 Å². The van der Waals surface area contributed by atoms with Crippen LogP contribution in [0.25, 0.3) is 11.0 Å². The lowest BCUT2D eigenvalue weighted by molar-refractivity contribution is 0.410. The van der Waals surface area contributed by atoms with Crippen molar-refractivity contribution in [3.8, 4) is 0 Å². The zero-order valence-electron chi connectivity index (χ0n) is 14.4. The van der Waals surface area contributed by atoms with Crippen LogP contribution >= 0.6 is 0 Å². The summed E-state index contributed by atoms with van der Waals surface area (Å²) in [6.07, 6.45) is 1.44. The number of aromatic nitrogens is 2. The van der Waals surface area contributed by atoms with E-state index < -0.39 is 21.1 Å². The number of benzene rings is 1. The van der Waals surface area contributed by atoms with Gasteiger partial charge in [0.2, 0.25) is 10.0 Å². The zero-order chi connectivity index (χ0) is 18.1. The van der Waals surface area contributed by atoms with Gasteiger partial charge in [-0.3, -0.25) is 9.59 Å². The molecule has 0 saturated carbocycles. The molecule has 0 unspecified atom stereocenters. The molecule has 2 rings (SSSR count). The van der Waals surface area contributed by atoms with E-state index in [0.29, 0.717) is 24.1 Å². The van der Waals surface area contributed by atoms with Crippen LogP contribution < -0.4 is 11.1 Å². The highest BCUT2D eigenvalue weighted by atomic mass is 32.2. The lowest BCUT2D eigenvalue weighted by atomic mass is 10.3. The maximum Gasteiger partial charge on any atom is 0.316 e. The maximum atomic E-state index is 12.9. The van der Waals surface area contributed by atoms with Crippen molar-refractivity contribution < 1.29 is 8.42 Å². The second-order valence-electron chi connectivity index (χ2n) is 5.78. The van der Waals surface area contributed by atoms with Gasteiger partial charge < -0.3 is 9.13 Å². The molecule has 132 valence electrons. The molecule has 1 aromatic carbocycles. The minimum Gasteiger partial charge on any atom is -0.305 e. The molecule has 0 bridgehead atoms. The lowest BCUT2D eigenvalue weighted by Crippen LogP contribution is -2.39. The van der Waals surface area contributed by atoms with E-state index in [1.54, 1.807) is 6.07 Å². The Morgan fingerprint density at radius 2 is 1.42 bits per heavy atom. The maximum absolute atomic E-state index is 12.9. The van der Waals surface area contributed by atoms with Crippen molar-refractivity contribution in [1.29, 1.82) is 0 Å². The first-order valence-corrected chi connectivity index (χ1v) is 9.39. The third-order valence-corrected chi connectivity index (χ3v) is 5.94. The van der Waals surface area contributed by atoms with Crippen molar-refractivity contribution in [2.75, 3.05) is 13.1 Å². The molecule has 0 saturated heterocycles. The van der Waals surface area contributed by atoms with Gasteiger partial charge in [-0.05, 0) is 31.0 Å². The van der Waals surface area contributed by atoms with E-state index in [-0.39, 0.29) is 4.90 Å². The monoisotopic (exact) mass is 353 g/mol. The van der Waals surface area contributed by atoms with Gasteiger partial charge in [-0.25, -0.2) is 8.42 Å². The second-order valence-corrected chi connectivity index (χ2v) is 7.72. The fourth-order valence-corrected chi connectivity index (χ4v) is 4.37. The Labute approximate surface area is 141 Å². The average molecular weight is 353 g/mol. The van der Waals surface area contributed by atoms with Gasteiger partial charge in [-0.15, -0.1) is 0 Å². The van der Waals surface area contributed by atoms with Crippen molar-refractivity contribution in [2.24, 2.45) is 14.1 Å². The Bertz CT molecular complexity index is 967. The SMILES string of the molecule is CCCN(CCC)S(=O)(=O)c1ccc2c(c1)n(C)c(=O)c(=O)n2C. The highest BCUT2D eigenvalue weighted by Crippen LogP contribution is 2.20. The summed E-state index contributed by atoms with van der Waals surface area (Å²) in [4.78, 5) is 24.0. The van der Waals surface area contributed by atoms with Gasteiger partial charge in [-0.1, -0.05) is 13.8 Å². The molecule has 0 radical (unpaired) electrons. The smallest absolute Gasteiger partial charge is 0.305 e. The van der Waals surface area contributed by atoms with Crippen LogP contribution in [0, 0.1) is 0 Å². The number of hydrogen-bond acceptors (Lipinski definition) is 4. The molecule has 1 aromatic heterocycles. The van der Waals surface area contributed by atoms with Gasteiger partial charge in [-0.2, -0.15) is 4.31 Å². The lowest BCUT2D eigenvalue weighted by Gasteiger charge is -2.21. The van der Waals surface area contributed by atoms with Crippen LogP contribution in [0.3, 0.4) is 0 Å². The molecule has 1 heterocycles. The summed E-state index contributed by atoms with van der Waals surface area (Å²) in [5, 5.41) is 0. The van der Waals surface area contributed by atoms with E-state index in [1.807, 2.05) is 13.8 Å². The Morgan fingerprint density at radius 3 is 1.92 bits per heavy atom. The number of nitrogens with zero attached hydrogens (tertiary/aromatic N) is 3. The van der Waals surface area contributed by atoms with Crippen LogP contribution in [0.5, 0.6) is 0 Å². The fourth-order valence-electron chi connectivity index (χ4n) is 2.72. The van der Waals surface area contributed by atoms with E-state index in [2.05, 4.69) is 0 Å². The van der Waals surface area contributed by atoms with Gasteiger partial charge in [0, 0.05) is 27.2 Å². The number of rotatable bonds is 6. The highest BCUT2D eigenvalue weighted by molar-refractivity contribution is 7.89. The van der Waals surface area contributed by atoms with Gasteiger partial charge >= 0.3 is 11.1 Å². The second kappa shape index (κ2) is 6.90. The Balaban J connectivity index is 2.71. The van der Waals surface area contributed by atoms with Crippen molar-refractivity contribution in [1.82, 2.24) is 13.4 Å². The summed E-state index contributed by atoms with van der Waals surface area (Å²) in [5.74, 6) is 0. The van der Waals surface area contributed by atoms with Crippen molar-refractivity contribution >= 4 is 21.1 Å². The first kappa shape index (κ1) is 18.4. The Morgan fingerprint density at radius 1 is 0.917 bits per heavy atom. The fraction of sp³-hybridized carbons (Fsp3) is 0.500. The van der Waals surface area contributed by atoms with Crippen LogP contribution in [-0.2, 0) is 24.1 Å². The summed E-state index contributed by atoms with van der Waals surface area (Å²) in [6, 6.07) is 4.52. The predicted octanol–water partition coefficient (Wildman–Crippen LogP) is 1.05. The summed E-state index contributed by atoms with van der Waals surface area (Å²) in [7, 11) is -0.668. The van der Waals surface area contributed by atoms with Crippen LogP contribution in [0.2, 0.25) is 0 Å². The Hall–Kier alpha value is -1.93. The molecular weight excluding hydrogens is 330 g/mol. The summed E-state index contributed by atoms with van der Waals surface area (Å²) >= 11 is 0. The quantitative estimate of drug-likeness (QED) is 0.727. The molecule has 24 heavy (non-hydrogen) atoms. The third kappa shape index (κ3) is 3.03. The molecular formula is C16H23N3O4S. The third-order valence-electron chi connectivity index (χ3n) is 4.05. The summed E-state index contributed by atoms with van der Waals surface area (Å²) < 4.78 is 29.6.